The Balaban J connectivity index is 0.000000282. The number of carboxylic acids is 1. The fraction of sp³-hybridized carbons (Fsp3) is 0.348. The van der Waals surface area contributed by atoms with Gasteiger partial charge in [0.05, 0.1) is 23.2 Å². The van der Waals surface area contributed by atoms with Gasteiger partial charge >= 0.3 is 5.97 Å². The summed E-state index contributed by atoms with van der Waals surface area (Å²) in [7, 11) is 0. The van der Waals surface area contributed by atoms with Crippen LogP contribution < -0.4 is 0 Å². The first-order valence-corrected chi connectivity index (χ1v) is 11.4. The summed E-state index contributed by atoms with van der Waals surface area (Å²) >= 11 is 7.11. The normalized spacial score (nSPS) is 20.9. The Bertz CT molecular complexity index is 1020. The molecule has 1 saturated heterocycles. The van der Waals surface area contributed by atoms with Crippen LogP contribution in [-0.4, -0.2) is 46.1 Å². The van der Waals surface area contributed by atoms with E-state index in [1.165, 1.54) is 0 Å². The van der Waals surface area contributed by atoms with Gasteiger partial charge in [0, 0.05) is 11.6 Å². The van der Waals surface area contributed by atoms with Crippen molar-refractivity contribution in [2.75, 3.05) is 13.2 Å². The molecule has 162 valence electrons. The van der Waals surface area contributed by atoms with Gasteiger partial charge in [-0.3, -0.25) is 9.59 Å². The highest BCUT2D eigenvalue weighted by molar-refractivity contribution is 7.18. The van der Waals surface area contributed by atoms with Gasteiger partial charge in [-0.2, -0.15) is 0 Å². The summed E-state index contributed by atoms with van der Waals surface area (Å²) in [4.78, 5) is 30.2. The third-order valence-electron chi connectivity index (χ3n) is 5.23. The van der Waals surface area contributed by atoms with E-state index in [0.717, 1.165) is 33.1 Å². The number of carbonyl (C=O) groups is 2. The largest absolute Gasteiger partial charge is 0.481 e. The Hall–Kier alpha value is -2.48. The topological polar surface area (TPSA) is 79.7 Å². The van der Waals surface area contributed by atoms with Gasteiger partial charge in [-0.25, -0.2) is 4.98 Å². The van der Waals surface area contributed by atoms with Crippen molar-refractivity contribution < 1.29 is 19.4 Å². The molecule has 1 aliphatic carbocycles. The van der Waals surface area contributed by atoms with Gasteiger partial charge in [0.2, 0.25) is 0 Å². The number of halogens is 1. The van der Waals surface area contributed by atoms with Crippen LogP contribution in [0.4, 0.5) is 0 Å². The number of aromatic nitrogens is 1. The highest BCUT2D eigenvalue weighted by Gasteiger charge is 2.41. The molecule has 3 aromatic rings. The molecule has 1 N–H and O–H groups in total. The summed E-state index contributed by atoms with van der Waals surface area (Å²) in [6.45, 7) is 0.967. The molecule has 1 saturated carbocycles. The molecular formula is C23H23ClN2O4S. The number of thiazole rings is 1. The van der Waals surface area contributed by atoms with E-state index in [2.05, 4.69) is 4.98 Å². The molecule has 1 aliphatic heterocycles. The second kappa shape index (κ2) is 9.77. The smallest absolute Gasteiger partial charge is 0.306 e. The number of carbonyl (C=O) groups excluding carboxylic acids is 1. The maximum absolute atomic E-state index is 12.7. The van der Waals surface area contributed by atoms with Crippen LogP contribution in [0.1, 0.15) is 30.3 Å². The second-order valence-corrected chi connectivity index (χ2v) is 9.18. The number of benzene rings is 2. The molecule has 0 spiro atoms. The fourth-order valence-electron chi connectivity index (χ4n) is 3.46. The summed E-state index contributed by atoms with van der Waals surface area (Å²) in [6.07, 6.45) is 1.08. The average molecular weight is 459 g/mol. The minimum absolute atomic E-state index is 0.222. The number of amides is 1. The van der Waals surface area contributed by atoms with Crippen molar-refractivity contribution in [3.05, 3.63) is 64.6 Å². The predicted octanol–water partition coefficient (Wildman–Crippen LogP) is 4.79. The Morgan fingerprint density at radius 1 is 1.16 bits per heavy atom. The van der Waals surface area contributed by atoms with Crippen LogP contribution in [0.3, 0.4) is 0 Å². The van der Waals surface area contributed by atoms with E-state index in [1.807, 2.05) is 54.6 Å². The summed E-state index contributed by atoms with van der Waals surface area (Å²) in [5.74, 6) is -0.715. The summed E-state index contributed by atoms with van der Waals surface area (Å²) in [5.41, 5.74) is 0.920. The van der Waals surface area contributed by atoms with E-state index in [9.17, 15) is 9.59 Å². The molecule has 2 aliphatic rings. The SMILES string of the molecule is Clc1ccccc1.O=C(O)CC1OCC(c2nc3ccccc3s2)N(CC2CC2)C1=O. The van der Waals surface area contributed by atoms with Crippen LogP contribution in [0.15, 0.2) is 54.6 Å². The molecule has 2 atom stereocenters. The first-order chi connectivity index (χ1) is 15.0. The van der Waals surface area contributed by atoms with Gasteiger partial charge in [0.15, 0.2) is 0 Å². The van der Waals surface area contributed by atoms with E-state index in [-0.39, 0.29) is 18.4 Å². The van der Waals surface area contributed by atoms with Crippen molar-refractivity contribution in [3.8, 4) is 0 Å². The van der Waals surface area contributed by atoms with Crippen molar-refractivity contribution in [2.45, 2.75) is 31.4 Å². The zero-order chi connectivity index (χ0) is 21.8. The number of aliphatic carboxylic acids is 1. The number of para-hydroxylation sites is 1. The van der Waals surface area contributed by atoms with Crippen LogP contribution >= 0.6 is 22.9 Å². The van der Waals surface area contributed by atoms with Crippen LogP contribution in [0.5, 0.6) is 0 Å². The molecular weight excluding hydrogens is 436 g/mol. The lowest BCUT2D eigenvalue weighted by Crippen LogP contribution is -2.50. The lowest BCUT2D eigenvalue weighted by atomic mass is 10.1. The van der Waals surface area contributed by atoms with E-state index in [0.29, 0.717) is 19.1 Å². The maximum Gasteiger partial charge on any atom is 0.306 e. The van der Waals surface area contributed by atoms with Gasteiger partial charge in [-0.15, -0.1) is 11.3 Å². The van der Waals surface area contributed by atoms with E-state index in [1.54, 1.807) is 16.2 Å². The van der Waals surface area contributed by atoms with Crippen LogP contribution in [0.2, 0.25) is 5.02 Å². The first kappa shape index (κ1) is 21.7. The number of morpholine rings is 1. The minimum atomic E-state index is -1.02. The first-order valence-electron chi connectivity index (χ1n) is 10.2. The zero-order valence-electron chi connectivity index (χ0n) is 16.8. The van der Waals surface area contributed by atoms with Crippen molar-refractivity contribution in [2.24, 2.45) is 5.92 Å². The van der Waals surface area contributed by atoms with Gasteiger partial charge in [0.25, 0.3) is 5.91 Å². The van der Waals surface area contributed by atoms with E-state index < -0.39 is 12.1 Å². The van der Waals surface area contributed by atoms with Crippen molar-refractivity contribution in [3.63, 3.8) is 0 Å². The van der Waals surface area contributed by atoms with Crippen molar-refractivity contribution >= 4 is 45.0 Å². The number of carboxylic acid groups (broad SMARTS) is 1. The molecule has 5 rings (SSSR count). The van der Waals surface area contributed by atoms with Crippen molar-refractivity contribution in [1.29, 1.82) is 0 Å². The van der Waals surface area contributed by atoms with Gasteiger partial charge < -0.3 is 14.7 Å². The second-order valence-electron chi connectivity index (χ2n) is 7.69. The molecule has 6 nitrogen and oxygen atoms in total. The number of hydrogen-bond donors (Lipinski definition) is 1. The number of ether oxygens (including phenoxy) is 1. The number of hydrogen-bond acceptors (Lipinski definition) is 5. The maximum atomic E-state index is 12.7. The standard InChI is InChI=1S/C17H18N2O4S.C6H5Cl/c20-15(21)7-13-17(22)19(8-10-5-6-10)12(9-23-13)16-18-11-3-1-2-4-14(11)24-16;7-6-4-2-1-3-5-6/h1-4,10,12-13H,5-9H2,(H,20,21);1-5H. The van der Waals surface area contributed by atoms with Gasteiger partial charge in [-0.1, -0.05) is 41.9 Å². The van der Waals surface area contributed by atoms with Crippen LogP contribution in [-0.2, 0) is 14.3 Å². The highest BCUT2D eigenvalue weighted by atomic mass is 35.5. The number of nitrogens with zero attached hydrogens (tertiary/aromatic N) is 2. The molecule has 0 radical (unpaired) electrons. The third kappa shape index (κ3) is 5.61. The molecule has 31 heavy (non-hydrogen) atoms. The van der Waals surface area contributed by atoms with Crippen LogP contribution in [0, 0.1) is 5.92 Å². The molecule has 8 heteroatoms. The fourth-order valence-corrected chi connectivity index (χ4v) is 4.67. The van der Waals surface area contributed by atoms with Gasteiger partial charge in [0.1, 0.15) is 17.2 Å². The lowest BCUT2D eigenvalue weighted by Gasteiger charge is -2.38. The molecule has 0 bridgehead atoms. The summed E-state index contributed by atoms with van der Waals surface area (Å²) in [5, 5.41) is 10.6. The average Bonchev–Trinajstić information content (AvgIpc) is 3.47. The summed E-state index contributed by atoms with van der Waals surface area (Å²) < 4.78 is 6.67. The molecule has 2 fully saturated rings. The predicted molar refractivity (Wildman–Crippen MR) is 120 cm³/mol. The Morgan fingerprint density at radius 2 is 1.87 bits per heavy atom. The minimum Gasteiger partial charge on any atom is -0.481 e. The van der Waals surface area contributed by atoms with E-state index >= 15 is 0 Å². The quantitative estimate of drug-likeness (QED) is 0.594. The van der Waals surface area contributed by atoms with Crippen molar-refractivity contribution in [1.82, 2.24) is 9.88 Å². The molecule has 2 heterocycles. The number of fused-ring (bicyclic) bond motifs is 1. The van der Waals surface area contributed by atoms with Gasteiger partial charge in [-0.05, 0) is 43.0 Å². The molecule has 2 unspecified atom stereocenters. The highest BCUT2D eigenvalue weighted by Crippen LogP contribution is 2.37. The Kier molecular flexibility index (Phi) is 6.85. The molecule has 1 aromatic heterocycles. The van der Waals surface area contributed by atoms with Crippen LogP contribution in [0.25, 0.3) is 10.2 Å². The molecule has 2 aromatic carbocycles. The number of rotatable bonds is 5. The van der Waals surface area contributed by atoms with E-state index in [4.69, 9.17) is 21.4 Å². The Morgan fingerprint density at radius 3 is 2.48 bits per heavy atom. The summed E-state index contributed by atoms with van der Waals surface area (Å²) in [6, 6.07) is 17.1. The monoisotopic (exact) mass is 458 g/mol. The lowest BCUT2D eigenvalue weighted by molar-refractivity contribution is -0.165. The molecule has 1 amide bonds. The zero-order valence-corrected chi connectivity index (χ0v) is 18.4. The third-order valence-corrected chi connectivity index (χ3v) is 6.62. The Labute approximate surface area is 189 Å².